The predicted molar refractivity (Wildman–Crippen MR) is 55.6 cm³/mol. The molecule has 0 unspecified atom stereocenters. The lowest BCUT2D eigenvalue weighted by Crippen LogP contribution is -2.24. The molecule has 0 atom stereocenters. The van der Waals surface area contributed by atoms with Gasteiger partial charge in [-0.3, -0.25) is 0 Å². The van der Waals surface area contributed by atoms with Gasteiger partial charge in [0.05, 0.1) is 5.69 Å². The maximum Gasteiger partial charge on any atom is 0.146 e. The minimum atomic E-state index is -0.194. The van der Waals surface area contributed by atoms with E-state index in [-0.39, 0.29) is 11.2 Å². The fourth-order valence-corrected chi connectivity index (χ4v) is 1.52. The molecule has 0 bridgehead atoms. The smallest absolute Gasteiger partial charge is 0.146 e. The van der Waals surface area contributed by atoms with Gasteiger partial charge in [0.15, 0.2) is 0 Å². The summed E-state index contributed by atoms with van der Waals surface area (Å²) < 4.78 is 13.2. The van der Waals surface area contributed by atoms with Crippen LogP contribution in [0.25, 0.3) is 0 Å². The number of benzene rings is 1. The summed E-state index contributed by atoms with van der Waals surface area (Å²) in [7, 11) is 0. The van der Waals surface area contributed by atoms with Crippen LogP contribution in [0.5, 0.6) is 0 Å². The van der Waals surface area contributed by atoms with Gasteiger partial charge >= 0.3 is 0 Å². The largest absolute Gasteiger partial charge is 0.382 e. The first-order valence-corrected chi connectivity index (χ1v) is 4.94. The van der Waals surface area contributed by atoms with Gasteiger partial charge in [-0.15, -0.1) is 0 Å². The highest BCUT2D eigenvalue weighted by atomic mass is 19.1. The van der Waals surface area contributed by atoms with Crippen molar-refractivity contribution in [2.24, 2.45) is 11.1 Å². The van der Waals surface area contributed by atoms with Crippen LogP contribution in [0.2, 0.25) is 0 Å². The normalized spacial score (nSPS) is 17.9. The highest BCUT2D eigenvalue weighted by Gasteiger charge is 2.40. The van der Waals surface area contributed by atoms with E-state index in [4.69, 9.17) is 5.73 Å². The Bertz CT molecular complexity index is 321. The van der Waals surface area contributed by atoms with E-state index in [1.54, 1.807) is 12.1 Å². The molecule has 1 aromatic rings. The van der Waals surface area contributed by atoms with Crippen molar-refractivity contribution in [2.75, 3.05) is 18.4 Å². The second-order valence-electron chi connectivity index (χ2n) is 4.04. The highest BCUT2D eigenvalue weighted by molar-refractivity contribution is 5.44. The van der Waals surface area contributed by atoms with Crippen molar-refractivity contribution in [1.29, 1.82) is 0 Å². The lowest BCUT2D eigenvalue weighted by Gasteiger charge is -2.14. The molecule has 0 saturated heterocycles. The van der Waals surface area contributed by atoms with E-state index in [1.807, 2.05) is 6.07 Å². The maximum absolute atomic E-state index is 13.2. The summed E-state index contributed by atoms with van der Waals surface area (Å²) in [6.07, 6.45) is 2.32. The van der Waals surface area contributed by atoms with E-state index in [0.717, 1.165) is 19.4 Å². The monoisotopic (exact) mass is 194 g/mol. The summed E-state index contributed by atoms with van der Waals surface area (Å²) >= 11 is 0. The third-order valence-corrected chi connectivity index (χ3v) is 2.92. The number of hydrogen-bond acceptors (Lipinski definition) is 2. The van der Waals surface area contributed by atoms with Crippen molar-refractivity contribution in [3.05, 3.63) is 30.1 Å². The Kier molecular flexibility index (Phi) is 2.42. The van der Waals surface area contributed by atoms with E-state index >= 15 is 0 Å². The molecule has 3 heteroatoms. The van der Waals surface area contributed by atoms with Gasteiger partial charge in [0, 0.05) is 6.54 Å². The number of nitrogens with two attached hydrogens (primary N) is 1. The fourth-order valence-electron chi connectivity index (χ4n) is 1.52. The molecule has 1 saturated carbocycles. The summed E-state index contributed by atoms with van der Waals surface area (Å²) in [5, 5.41) is 3.11. The summed E-state index contributed by atoms with van der Waals surface area (Å²) in [6, 6.07) is 6.73. The van der Waals surface area contributed by atoms with Crippen LogP contribution in [0.3, 0.4) is 0 Å². The zero-order valence-corrected chi connectivity index (χ0v) is 8.09. The van der Waals surface area contributed by atoms with Gasteiger partial charge in [0.25, 0.3) is 0 Å². The van der Waals surface area contributed by atoms with E-state index in [2.05, 4.69) is 5.32 Å². The molecule has 2 rings (SSSR count). The lowest BCUT2D eigenvalue weighted by atomic mass is 10.1. The van der Waals surface area contributed by atoms with Gasteiger partial charge in [-0.05, 0) is 36.9 Å². The van der Waals surface area contributed by atoms with Crippen molar-refractivity contribution in [3.8, 4) is 0 Å². The molecule has 0 amide bonds. The molecule has 1 fully saturated rings. The number of halogens is 1. The molecule has 3 N–H and O–H groups in total. The van der Waals surface area contributed by atoms with Crippen LogP contribution >= 0.6 is 0 Å². The van der Waals surface area contributed by atoms with Crippen LogP contribution in [0.1, 0.15) is 12.8 Å². The molecule has 76 valence electrons. The van der Waals surface area contributed by atoms with Crippen LogP contribution in [0, 0.1) is 11.2 Å². The topological polar surface area (TPSA) is 38.0 Å². The summed E-state index contributed by atoms with van der Waals surface area (Å²) in [5.74, 6) is -0.194. The summed E-state index contributed by atoms with van der Waals surface area (Å²) in [5.41, 5.74) is 6.45. The van der Waals surface area contributed by atoms with Crippen LogP contribution in [0.4, 0.5) is 10.1 Å². The first-order chi connectivity index (χ1) is 6.76. The van der Waals surface area contributed by atoms with Crippen LogP contribution in [-0.2, 0) is 0 Å². The number of anilines is 1. The molecular formula is C11H15FN2. The van der Waals surface area contributed by atoms with Gasteiger partial charge in [0.2, 0.25) is 0 Å². The Balaban J connectivity index is 1.95. The van der Waals surface area contributed by atoms with E-state index in [1.165, 1.54) is 6.07 Å². The molecule has 0 aromatic heterocycles. The SMILES string of the molecule is NCC1(CNc2ccccc2F)CC1. The third kappa shape index (κ3) is 1.87. The fraction of sp³-hybridized carbons (Fsp3) is 0.455. The number of rotatable bonds is 4. The number of hydrogen-bond donors (Lipinski definition) is 2. The molecule has 14 heavy (non-hydrogen) atoms. The molecule has 0 heterocycles. The molecule has 2 nitrogen and oxygen atoms in total. The van der Waals surface area contributed by atoms with Crippen molar-refractivity contribution in [2.45, 2.75) is 12.8 Å². The minimum Gasteiger partial charge on any atom is -0.382 e. The first kappa shape index (κ1) is 9.46. The molecule has 0 aliphatic heterocycles. The molecular weight excluding hydrogens is 179 g/mol. The predicted octanol–water partition coefficient (Wildman–Crippen LogP) is 1.98. The second-order valence-corrected chi connectivity index (χ2v) is 4.04. The Morgan fingerprint density at radius 2 is 2.07 bits per heavy atom. The molecule has 0 spiro atoms. The average molecular weight is 194 g/mol. The van der Waals surface area contributed by atoms with Crippen molar-refractivity contribution >= 4 is 5.69 Å². The van der Waals surface area contributed by atoms with Gasteiger partial charge in [0.1, 0.15) is 5.82 Å². The molecule has 1 aliphatic carbocycles. The average Bonchev–Trinajstić information content (AvgIpc) is 2.98. The third-order valence-electron chi connectivity index (χ3n) is 2.92. The van der Waals surface area contributed by atoms with Crippen molar-refractivity contribution in [1.82, 2.24) is 0 Å². The van der Waals surface area contributed by atoms with Crippen molar-refractivity contribution < 1.29 is 4.39 Å². The molecule has 0 radical (unpaired) electrons. The van der Waals surface area contributed by atoms with Crippen LogP contribution < -0.4 is 11.1 Å². The zero-order valence-electron chi connectivity index (χ0n) is 8.09. The van der Waals surface area contributed by atoms with E-state index in [9.17, 15) is 4.39 Å². The number of nitrogens with one attached hydrogen (secondary N) is 1. The maximum atomic E-state index is 13.2. The van der Waals surface area contributed by atoms with E-state index in [0.29, 0.717) is 12.2 Å². The van der Waals surface area contributed by atoms with Crippen LogP contribution in [0.15, 0.2) is 24.3 Å². The molecule has 1 aliphatic rings. The van der Waals surface area contributed by atoms with Crippen molar-refractivity contribution in [3.63, 3.8) is 0 Å². The minimum absolute atomic E-state index is 0.194. The Hall–Kier alpha value is -1.09. The first-order valence-electron chi connectivity index (χ1n) is 4.94. The van der Waals surface area contributed by atoms with Gasteiger partial charge in [-0.25, -0.2) is 4.39 Å². The number of para-hydroxylation sites is 1. The summed E-state index contributed by atoms with van der Waals surface area (Å²) in [4.78, 5) is 0. The van der Waals surface area contributed by atoms with Gasteiger partial charge in [-0.2, -0.15) is 0 Å². The zero-order chi connectivity index (χ0) is 10.0. The standard InChI is InChI=1S/C11H15FN2/c12-9-3-1-2-4-10(9)14-8-11(7-13)5-6-11/h1-4,14H,5-8,13H2. The highest BCUT2D eigenvalue weighted by Crippen LogP contribution is 2.44. The summed E-state index contributed by atoms with van der Waals surface area (Å²) in [6.45, 7) is 1.47. The molecule has 1 aromatic carbocycles. The Morgan fingerprint density at radius 3 is 2.64 bits per heavy atom. The van der Waals surface area contributed by atoms with Crippen LogP contribution in [-0.4, -0.2) is 13.1 Å². The lowest BCUT2D eigenvalue weighted by molar-refractivity contribution is 0.551. The van der Waals surface area contributed by atoms with E-state index < -0.39 is 0 Å². The van der Waals surface area contributed by atoms with Gasteiger partial charge in [-0.1, -0.05) is 12.1 Å². The van der Waals surface area contributed by atoms with Gasteiger partial charge < -0.3 is 11.1 Å². The Labute approximate surface area is 83.3 Å². The Morgan fingerprint density at radius 1 is 1.36 bits per heavy atom. The second kappa shape index (κ2) is 3.58. The quantitative estimate of drug-likeness (QED) is 0.769.